The molecule has 1 atom stereocenters. The lowest BCUT2D eigenvalue weighted by molar-refractivity contribution is -0.144. The lowest BCUT2D eigenvalue weighted by Crippen LogP contribution is -2.44. The minimum absolute atomic E-state index is 0.0709. The Morgan fingerprint density at radius 3 is 1.97 bits per heavy atom. The van der Waals surface area contributed by atoms with Crippen molar-refractivity contribution in [3.05, 3.63) is 12.2 Å². The number of hydrogen-bond donors (Lipinski definition) is 3. The van der Waals surface area contributed by atoms with Gasteiger partial charge in [-0.25, -0.2) is 0 Å². The van der Waals surface area contributed by atoms with E-state index in [1.165, 1.54) is 76.0 Å². The molecule has 0 aromatic carbocycles. The average molecular weight is 471 g/mol. The first kappa shape index (κ1) is 29.0. The molecule has 186 valence electrons. The third-order valence-electron chi connectivity index (χ3n) is 6.63. The molecule has 0 amide bonds. The molecule has 0 aromatic heterocycles. The smallest absolute Gasteiger partial charge is 0.306 e. The SMILES string of the molecule is CCCCCCCCCCCCC/C=C/C(SCCC(=O)O)C1(O)CCC(C(=O)O)CC1. The molecule has 6 heteroatoms. The number of carboxylic acid groups (broad SMARTS) is 2. The standard InChI is InChI=1S/C26H46O5S/c1-2-3-4-5-6-7-8-9-10-11-12-13-14-15-23(32-21-18-24(27)28)26(31)19-16-22(17-20-26)25(29)30/h14-15,22-23,31H,2-13,16-21H2,1H3,(H,27,28)(H,29,30)/b15-14+. The third kappa shape index (κ3) is 12.9. The minimum atomic E-state index is -0.942. The Bertz CT molecular complexity index is 540. The van der Waals surface area contributed by atoms with Crippen molar-refractivity contribution in [3.8, 4) is 0 Å². The largest absolute Gasteiger partial charge is 0.481 e. The van der Waals surface area contributed by atoms with Gasteiger partial charge in [0, 0.05) is 5.75 Å². The van der Waals surface area contributed by atoms with Crippen LogP contribution in [-0.2, 0) is 9.59 Å². The molecule has 0 saturated heterocycles. The second-order valence-electron chi connectivity index (χ2n) is 9.40. The fourth-order valence-electron chi connectivity index (χ4n) is 4.46. The molecule has 3 N–H and O–H groups in total. The van der Waals surface area contributed by atoms with E-state index in [9.17, 15) is 19.8 Å². The van der Waals surface area contributed by atoms with Crippen LogP contribution in [0.1, 0.15) is 116 Å². The molecule has 0 aliphatic heterocycles. The molecule has 32 heavy (non-hydrogen) atoms. The second kappa shape index (κ2) is 17.5. The summed E-state index contributed by atoms with van der Waals surface area (Å²) in [6.45, 7) is 2.25. The first-order valence-electron chi connectivity index (χ1n) is 12.8. The average Bonchev–Trinajstić information content (AvgIpc) is 2.75. The van der Waals surface area contributed by atoms with Crippen LogP contribution in [0, 0.1) is 5.92 Å². The maximum Gasteiger partial charge on any atom is 0.306 e. The number of aliphatic hydroxyl groups is 1. The van der Waals surface area contributed by atoms with Gasteiger partial charge < -0.3 is 15.3 Å². The molecule has 0 radical (unpaired) electrons. The predicted molar refractivity (Wildman–Crippen MR) is 133 cm³/mol. The Morgan fingerprint density at radius 1 is 0.938 bits per heavy atom. The van der Waals surface area contributed by atoms with Crippen LogP contribution in [0.5, 0.6) is 0 Å². The summed E-state index contributed by atoms with van der Waals surface area (Å²) in [6.07, 6.45) is 21.6. The summed E-state index contributed by atoms with van der Waals surface area (Å²) in [5, 5.41) is 29.2. The lowest BCUT2D eigenvalue weighted by Gasteiger charge is -2.39. The van der Waals surface area contributed by atoms with Crippen molar-refractivity contribution in [2.45, 2.75) is 127 Å². The van der Waals surface area contributed by atoms with Crippen molar-refractivity contribution in [3.63, 3.8) is 0 Å². The fourth-order valence-corrected chi connectivity index (χ4v) is 5.77. The van der Waals surface area contributed by atoms with E-state index < -0.39 is 17.5 Å². The second-order valence-corrected chi connectivity index (χ2v) is 10.7. The monoisotopic (exact) mass is 470 g/mol. The molecular weight excluding hydrogens is 424 g/mol. The summed E-state index contributed by atoms with van der Waals surface area (Å²) in [5.41, 5.74) is -0.942. The van der Waals surface area contributed by atoms with Crippen LogP contribution in [0.25, 0.3) is 0 Å². The number of unbranched alkanes of at least 4 members (excludes halogenated alkanes) is 11. The van der Waals surface area contributed by atoms with Gasteiger partial charge in [0.2, 0.25) is 0 Å². The van der Waals surface area contributed by atoms with Gasteiger partial charge in [-0.15, -0.1) is 0 Å². The molecule has 1 saturated carbocycles. The number of rotatable bonds is 19. The lowest BCUT2D eigenvalue weighted by atomic mass is 9.77. The van der Waals surface area contributed by atoms with Gasteiger partial charge in [0.25, 0.3) is 0 Å². The van der Waals surface area contributed by atoms with Crippen molar-refractivity contribution < 1.29 is 24.9 Å². The first-order valence-corrected chi connectivity index (χ1v) is 13.9. The van der Waals surface area contributed by atoms with Gasteiger partial charge in [-0.1, -0.05) is 83.3 Å². The number of carboxylic acids is 2. The van der Waals surface area contributed by atoms with Crippen LogP contribution < -0.4 is 0 Å². The predicted octanol–water partition coefficient (Wildman–Crippen LogP) is 6.83. The summed E-state index contributed by atoms with van der Waals surface area (Å²) in [4.78, 5) is 22.1. The van der Waals surface area contributed by atoms with Gasteiger partial charge in [0.05, 0.1) is 23.2 Å². The van der Waals surface area contributed by atoms with Crippen molar-refractivity contribution in [1.29, 1.82) is 0 Å². The van der Waals surface area contributed by atoms with E-state index in [0.717, 1.165) is 12.8 Å². The molecule has 5 nitrogen and oxygen atoms in total. The van der Waals surface area contributed by atoms with Crippen LogP contribution in [0.15, 0.2) is 12.2 Å². The Balaban J connectivity index is 2.30. The molecule has 1 rings (SSSR count). The fraction of sp³-hybridized carbons (Fsp3) is 0.846. The van der Waals surface area contributed by atoms with Crippen molar-refractivity contribution >= 4 is 23.7 Å². The summed E-state index contributed by atoms with van der Waals surface area (Å²) < 4.78 is 0. The molecule has 0 spiro atoms. The molecular formula is C26H46O5S. The van der Waals surface area contributed by atoms with Gasteiger partial charge in [0.1, 0.15) is 0 Å². The molecule has 1 aliphatic carbocycles. The Hall–Kier alpha value is -1.01. The quantitative estimate of drug-likeness (QED) is 0.141. The molecule has 0 aromatic rings. The van der Waals surface area contributed by atoms with E-state index in [0.29, 0.717) is 31.4 Å². The third-order valence-corrected chi connectivity index (χ3v) is 8.02. The highest BCUT2D eigenvalue weighted by Gasteiger charge is 2.40. The maximum atomic E-state index is 11.2. The van der Waals surface area contributed by atoms with E-state index in [-0.39, 0.29) is 17.6 Å². The van der Waals surface area contributed by atoms with Crippen LogP contribution in [0.2, 0.25) is 0 Å². The van der Waals surface area contributed by atoms with E-state index >= 15 is 0 Å². The number of thioether (sulfide) groups is 1. The van der Waals surface area contributed by atoms with E-state index in [1.54, 1.807) is 0 Å². The molecule has 1 unspecified atom stereocenters. The van der Waals surface area contributed by atoms with E-state index in [2.05, 4.69) is 13.0 Å². The summed E-state index contributed by atoms with van der Waals surface area (Å²) in [6, 6.07) is 0. The number of hydrogen-bond acceptors (Lipinski definition) is 4. The highest BCUT2D eigenvalue weighted by molar-refractivity contribution is 8.00. The first-order chi connectivity index (χ1) is 15.4. The van der Waals surface area contributed by atoms with E-state index in [4.69, 9.17) is 5.11 Å². The zero-order valence-corrected chi connectivity index (χ0v) is 20.9. The zero-order valence-electron chi connectivity index (χ0n) is 20.1. The van der Waals surface area contributed by atoms with Crippen LogP contribution in [0.3, 0.4) is 0 Å². The van der Waals surface area contributed by atoms with Crippen LogP contribution in [0.4, 0.5) is 0 Å². The number of allylic oxidation sites excluding steroid dienone is 1. The summed E-state index contributed by atoms with van der Waals surface area (Å²) in [5.74, 6) is -1.54. The number of aliphatic carboxylic acids is 2. The zero-order chi connectivity index (χ0) is 23.7. The van der Waals surface area contributed by atoms with Gasteiger partial charge in [-0.2, -0.15) is 11.8 Å². The Morgan fingerprint density at radius 2 is 1.47 bits per heavy atom. The van der Waals surface area contributed by atoms with Crippen LogP contribution in [-0.4, -0.2) is 43.9 Å². The highest BCUT2D eigenvalue weighted by atomic mass is 32.2. The summed E-state index contributed by atoms with van der Waals surface area (Å²) >= 11 is 1.48. The van der Waals surface area contributed by atoms with Crippen molar-refractivity contribution in [1.82, 2.24) is 0 Å². The van der Waals surface area contributed by atoms with Crippen LogP contribution >= 0.6 is 11.8 Å². The molecule has 0 heterocycles. The maximum absolute atomic E-state index is 11.2. The number of carbonyl (C=O) groups is 2. The van der Waals surface area contributed by atoms with E-state index in [1.807, 2.05) is 6.08 Å². The molecule has 1 fully saturated rings. The minimum Gasteiger partial charge on any atom is -0.481 e. The van der Waals surface area contributed by atoms with Gasteiger partial charge >= 0.3 is 11.9 Å². The van der Waals surface area contributed by atoms with Crippen molar-refractivity contribution in [2.24, 2.45) is 5.92 Å². The Labute approximate surface area is 199 Å². The van der Waals surface area contributed by atoms with Gasteiger partial charge in [0.15, 0.2) is 0 Å². The van der Waals surface area contributed by atoms with Gasteiger partial charge in [-0.05, 0) is 38.5 Å². The van der Waals surface area contributed by atoms with Gasteiger partial charge in [-0.3, -0.25) is 9.59 Å². The summed E-state index contributed by atoms with van der Waals surface area (Å²) in [7, 11) is 0. The molecule has 1 aliphatic rings. The topological polar surface area (TPSA) is 94.8 Å². The normalized spacial score (nSPS) is 22.2. The highest BCUT2D eigenvalue weighted by Crippen LogP contribution is 2.40. The Kier molecular flexibility index (Phi) is 15.8. The van der Waals surface area contributed by atoms with Crippen molar-refractivity contribution in [2.75, 3.05) is 5.75 Å². The molecule has 0 bridgehead atoms.